The Morgan fingerprint density at radius 2 is 1.97 bits per heavy atom. The molecular weight excluding hydrogens is 392 g/mol. The highest BCUT2D eigenvalue weighted by Gasteiger charge is 2.33. The number of thioether (sulfide) groups is 1. The minimum atomic E-state index is -0.144. The van der Waals surface area contributed by atoms with E-state index in [1.807, 2.05) is 0 Å². The summed E-state index contributed by atoms with van der Waals surface area (Å²) in [5.41, 5.74) is 1.82. The van der Waals surface area contributed by atoms with Crippen LogP contribution in [0.15, 0.2) is 32.8 Å². The number of carbonyl (C=O) groups is 2. The quantitative estimate of drug-likeness (QED) is 0.705. The molecule has 2 aromatic rings. The van der Waals surface area contributed by atoms with Crippen molar-refractivity contribution in [3.05, 3.63) is 45.8 Å². The van der Waals surface area contributed by atoms with E-state index >= 15 is 0 Å². The van der Waals surface area contributed by atoms with Gasteiger partial charge in [0, 0.05) is 43.9 Å². The molecule has 1 atom stereocenters. The summed E-state index contributed by atoms with van der Waals surface area (Å²) in [6, 6.07) is 3.20. The summed E-state index contributed by atoms with van der Waals surface area (Å²) < 4.78 is 6.91. The summed E-state index contributed by atoms with van der Waals surface area (Å²) in [5.74, 6) is 0.910. The predicted molar refractivity (Wildman–Crippen MR) is 106 cm³/mol. The number of aromatic nitrogens is 2. The van der Waals surface area contributed by atoms with Crippen LogP contribution in [0.25, 0.3) is 0 Å². The first-order valence-electron chi connectivity index (χ1n) is 9.99. The van der Waals surface area contributed by atoms with Crippen LogP contribution in [0, 0.1) is 0 Å². The van der Waals surface area contributed by atoms with E-state index in [2.05, 4.69) is 4.98 Å². The van der Waals surface area contributed by atoms with Crippen LogP contribution in [-0.2, 0) is 17.6 Å². The van der Waals surface area contributed by atoms with Gasteiger partial charge in [-0.15, -0.1) is 0 Å². The van der Waals surface area contributed by atoms with Crippen molar-refractivity contribution in [2.45, 2.75) is 36.9 Å². The molecule has 1 aliphatic carbocycles. The van der Waals surface area contributed by atoms with Gasteiger partial charge >= 0.3 is 0 Å². The molecule has 0 radical (unpaired) electrons. The molecule has 4 heterocycles. The normalized spacial score (nSPS) is 20.6. The van der Waals surface area contributed by atoms with Crippen molar-refractivity contribution in [2.24, 2.45) is 0 Å². The fourth-order valence-electron chi connectivity index (χ4n) is 4.35. The lowest BCUT2D eigenvalue weighted by molar-refractivity contribution is -0.133. The van der Waals surface area contributed by atoms with E-state index < -0.39 is 0 Å². The summed E-state index contributed by atoms with van der Waals surface area (Å²) in [5, 5.41) is 0.752. The topological polar surface area (TPSA) is 88.7 Å². The lowest BCUT2D eigenvalue weighted by Crippen LogP contribution is -2.51. The maximum atomic E-state index is 12.9. The second kappa shape index (κ2) is 7.37. The van der Waals surface area contributed by atoms with Gasteiger partial charge in [0.1, 0.15) is 0 Å². The number of rotatable bonds is 3. The van der Waals surface area contributed by atoms with Gasteiger partial charge in [-0.25, -0.2) is 4.98 Å². The molecule has 29 heavy (non-hydrogen) atoms. The molecule has 2 amide bonds. The molecule has 1 fully saturated rings. The minimum absolute atomic E-state index is 0.0287. The number of fused-ring (bicyclic) bond motifs is 2. The van der Waals surface area contributed by atoms with Crippen molar-refractivity contribution < 1.29 is 14.0 Å². The summed E-state index contributed by atoms with van der Waals surface area (Å²) in [4.78, 5) is 46.3. The molecule has 1 saturated heterocycles. The number of nitrogens with zero attached hydrogens (tertiary/aromatic N) is 4. The van der Waals surface area contributed by atoms with Gasteiger partial charge in [0.2, 0.25) is 5.91 Å². The molecule has 0 saturated carbocycles. The number of amides is 2. The van der Waals surface area contributed by atoms with Crippen molar-refractivity contribution in [1.82, 2.24) is 19.4 Å². The lowest BCUT2D eigenvalue weighted by atomic mass is 10.1. The zero-order valence-corrected chi connectivity index (χ0v) is 16.8. The first-order valence-corrected chi connectivity index (χ1v) is 11.0. The number of hydrogen-bond acceptors (Lipinski definition) is 6. The van der Waals surface area contributed by atoms with Crippen LogP contribution in [0.1, 0.15) is 40.7 Å². The van der Waals surface area contributed by atoms with Gasteiger partial charge in [0.15, 0.2) is 10.9 Å². The van der Waals surface area contributed by atoms with Gasteiger partial charge in [-0.3, -0.25) is 19.0 Å². The number of aryl methyl sites for hydroxylation is 1. The van der Waals surface area contributed by atoms with Gasteiger partial charge in [0.05, 0.1) is 18.0 Å². The average molecular weight is 414 g/mol. The standard InChI is InChI=1S/C20H22N4O4S/c25-17(22-6-8-23(9-7-22)19(27)16-5-2-10-28-16)11-13-12-29-20-21-15-4-1-3-14(15)18(26)24(13)20/h2,5,10,13H,1,3-4,6-9,11-12H2/t13-/m0/s1. The molecule has 3 aliphatic rings. The van der Waals surface area contributed by atoms with E-state index in [4.69, 9.17) is 4.42 Å². The molecule has 0 N–H and O–H groups in total. The summed E-state index contributed by atoms with van der Waals surface area (Å²) in [6.07, 6.45) is 4.43. The van der Waals surface area contributed by atoms with Crippen LogP contribution in [0.4, 0.5) is 0 Å². The Balaban J connectivity index is 1.23. The predicted octanol–water partition coefficient (Wildman–Crippen LogP) is 1.35. The van der Waals surface area contributed by atoms with E-state index in [0.717, 1.165) is 35.7 Å². The Bertz CT molecular complexity index is 1010. The first-order chi connectivity index (χ1) is 14.1. The zero-order chi connectivity index (χ0) is 20.0. The smallest absolute Gasteiger partial charge is 0.289 e. The van der Waals surface area contributed by atoms with Gasteiger partial charge in [-0.05, 0) is 31.4 Å². The van der Waals surface area contributed by atoms with Crippen molar-refractivity contribution >= 4 is 23.6 Å². The molecule has 2 aromatic heterocycles. The largest absolute Gasteiger partial charge is 0.459 e. The van der Waals surface area contributed by atoms with E-state index in [0.29, 0.717) is 44.1 Å². The monoisotopic (exact) mass is 414 g/mol. The number of hydrogen-bond donors (Lipinski definition) is 0. The lowest BCUT2D eigenvalue weighted by Gasteiger charge is -2.34. The third-order valence-corrected chi connectivity index (χ3v) is 7.03. The highest BCUT2D eigenvalue weighted by atomic mass is 32.2. The van der Waals surface area contributed by atoms with Crippen LogP contribution in [-0.4, -0.2) is 63.1 Å². The number of carbonyl (C=O) groups excluding carboxylic acids is 2. The Morgan fingerprint density at radius 1 is 1.17 bits per heavy atom. The second-order valence-corrected chi connectivity index (χ2v) is 8.65. The van der Waals surface area contributed by atoms with Crippen LogP contribution in [0.3, 0.4) is 0 Å². The molecule has 0 bridgehead atoms. The van der Waals surface area contributed by atoms with Crippen molar-refractivity contribution in [3.63, 3.8) is 0 Å². The van der Waals surface area contributed by atoms with Gasteiger partial charge < -0.3 is 14.2 Å². The first kappa shape index (κ1) is 18.5. The fourth-order valence-corrected chi connectivity index (χ4v) is 5.50. The molecular formula is C20H22N4O4S. The van der Waals surface area contributed by atoms with Gasteiger partial charge in [0.25, 0.3) is 11.5 Å². The van der Waals surface area contributed by atoms with Crippen LogP contribution >= 0.6 is 11.8 Å². The van der Waals surface area contributed by atoms with E-state index in [9.17, 15) is 14.4 Å². The Kier molecular flexibility index (Phi) is 4.69. The number of piperazine rings is 1. The maximum absolute atomic E-state index is 12.9. The maximum Gasteiger partial charge on any atom is 0.289 e. The third kappa shape index (κ3) is 3.27. The number of furan rings is 1. The van der Waals surface area contributed by atoms with Crippen LogP contribution < -0.4 is 5.56 Å². The SMILES string of the molecule is O=C(C[C@H]1CSc2nc3c(c(=O)n21)CCC3)N1CCN(C(=O)c2ccco2)CC1. The summed E-state index contributed by atoms with van der Waals surface area (Å²) in [6.45, 7) is 1.96. The highest BCUT2D eigenvalue weighted by Crippen LogP contribution is 2.34. The Morgan fingerprint density at radius 3 is 2.72 bits per heavy atom. The minimum Gasteiger partial charge on any atom is -0.459 e. The van der Waals surface area contributed by atoms with E-state index in [1.54, 1.807) is 38.3 Å². The average Bonchev–Trinajstić information content (AvgIpc) is 3.49. The van der Waals surface area contributed by atoms with Crippen molar-refractivity contribution in [1.29, 1.82) is 0 Å². The molecule has 5 rings (SSSR count). The van der Waals surface area contributed by atoms with E-state index in [1.165, 1.54) is 6.26 Å². The third-order valence-electron chi connectivity index (χ3n) is 5.93. The zero-order valence-electron chi connectivity index (χ0n) is 16.0. The molecule has 152 valence electrons. The molecule has 0 aromatic carbocycles. The molecule has 2 aliphatic heterocycles. The van der Waals surface area contributed by atoms with Gasteiger partial charge in [-0.1, -0.05) is 11.8 Å². The van der Waals surface area contributed by atoms with Gasteiger partial charge in [-0.2, -0.15) is 0 Å². The molecule has 8 nitrogen and oxygen atoms in total. The summed E-state index contributed by atoms with van der Waals surface area (Å²) >= 11 is 1.57. The van der Waals surface area contributed by atoms with Crippen molar-refractivity contribution in [3.8, 4) is 0 Å². The molecule has 9 heteroatoms. The van der Waals surface area contributed by atoms with Crippen molar-refractivity contribution in [2.75, 3.05) is 31.9 Å². The van der Waals surface area contributed by atoms with Crippen LogP contribution in [0.2, 0.25) is 0 Å². The summed E-state index contributed by atoms with van der Waals surface area (Å²) in [7, 11) is 0. The van der Waals surface area contributed by atoms with Crippen LogP contribution in [0.5, 0.6) is 0 Å². The molecule has 0 unspecified atom stereocenters. The fraction of sp³-hybridized carbons (Fsp3) is 0.500. The second-order valence-electron chi connectivity index (χ2n) is 7.67. The molecule has 0 spiro atoms. The Labute approximate surface area is 171 Å². The highest BCUT2D eigenvalue weighted by molar-refractivity contribution is 7.99. The Hall–Kier alpha value is -2.55. The van der Waals surface area contributed by atoms with E-state index in [-0.39, 0.29) is 23.4 Å².